The van der Waals surface area contributed by atoms with Crippen LogP contribution in [0.3, 0.4) is 0 Å². The van der Waals surface area contributed by atoms with Gasteiger partial charge in [0.05, 0.1) is 36.0 Å². The van der Waals surface area contributed by atoms with Crippen molar-refractivity contribution in [1.82, 2.24) is 5.32 Å². The van der Waals surface area contributed by atoms with Crippen LogP contribution in [0.15, 0.2) is 18.2 Å². The van der Waals surface area contributed by atoms with E-state index in [0.717, 1.165) is 32.1 Å². The van der Waals surface area contributed by atoms with Crippen molar-refractivity contribution in [2.75, 3.05) is 47.5 Å². The van der Waals surface area contributed by atoms with E-state index in [1.54, 1.807) is 12.1 Å². The zero-order valence-electron chi connectivity index (χ0n) is 18.5. The van der Waals surface area contributed by atoms with E-state index in [1.165, 1.54) is 11.0 Å². The summed E-state index contributed by atoms with van der Waals surface area (Å²) in [6, 6.07) is 4.77. The lowest BCUT2D eigenvalue weighted by Crippen LogP contribution is -2.45. The van der Waals surface area contributed by atoms with E-state index in [1.807, 2.05) is 4.90 Å². The number of cyclic esters (lactones) is 1. The molecule has 0 unspecified atom stereocenters. The van der Waals surface area contributed by atoms with Crippen LogP contribution in [0, 0.1) is 23.6 Å². The molecule has 8 nitrogen and oxygen atoms in total. The molecule has 3 saturated heterocycles. The van der Waals surface area contributed by atoms with Crippen molar-refractivity contribution in [2.24, 2.45) is 17.8 Å². The molecule has 0 spiro atoms. The summed E-state index contributed by atoms with van der Waals surface area (Å²) in [6.45, 7) is 1.89. The zero-order valence-corrected chi connectivity index (χ0v) is 19.4. The Kier molecular flexibility index (Phi) is 5.96. The molecule has 10 heteroatoms. The highest BCUT2D eigenvalue weighted by Gasteiger charge is 2.40. The minimum Gasteiger partial charge on any atom is -0.442 e. The van der Waals surface area contributed by atoms with Gasteiger partial charge in [0.15, 0.2) is 9.84 Å². The van der Waals surface area contributed by atoms with Gasteiger partial charge in [-0.1, -0.05) is 6.42 Å². The lowest BCUT2D eigenvalue weighted by molar-refractivity contribution is -0.127. The number of nitrogens with one attached hydrogen (secondary N) is 1. The molecule has 1 aromatic rings. The van der Waals surface area contributed by atoms with Gasteiger partial charge in [-0.25, -0.2) is 17.6 Å². The Bertz CT molecular complexity index is 1020. The van der Waals surface area contributed by atoms with Crippen molar-refractivity contribution >= 4 is 33.2 Å². The molecule has 4 fully saturated rings. The summed E-state index contributed by atoms with van der Waals surface area (Å²) in [4.78, 5) is 27.7. The topological polar surface area (TPSA) is 96.0 Å². The van der Waals surface area contributed by atoms with Gasteiger partial charge in [-0.15, -0.1) is 0 Å². The first kappa shape index (κ1) is 22.4. The minimum absolute atomic E-state index is 0.00819. The van der Waals surface area contributed by atoms with Gasteiger partial charge in [0.1, 0.15) is 11.9 Å². The quantitative estimate of drug-likeness (QED) is 0.673. The first-order chi connectivity index (χ1) is 15.8. The van der Waals surface area contributed by atoms with Crippen LogP contribution in [-0.2, 0) is 19.4 Å². The van der Waals surface area contributed by atoms with E-state index in [0.29, 0.717) is 30.4 Å². The number of halogens is 1. The highest BCUT2D eigenvalue weighted by molar-refractivity contribution is 7.92. The maximum Gasteiger partial charge on any atom is 0.414 e. The number of hydrogen-bond acceptors (Lipinski definition) is 6. The summed E-state index contributed by atoms with van der Waals surface area (Å²) < 4.78 is 43.2. The third kappa shape index (κ3) is 4.67. The number of ether oxygens (including phenoxy) is 1. The van der Waals surface area contributed by atoms with E-state index in [2.05, 4.69) is 5.32 Å². The van der Waals surface area contributed by atoms with Gasteiger partial charge in [-0.2, -0.15) is 0 Å². The van der Waals surface area contributed by atoms with Crippen molar-refractivity contribution in [2.45, 2.75) is 38.2 Å². The first-order valence-electron chi connectivity index (χ1n) is 11.8. The summed E-state index contributed by atoms with van der Waals surface area (Å²) in [5, 5.41) is 2.85. The molecule has 3 heterocycles. The number of anilines is 2. The minimum atomic E-state index is -2.82. The smallest absolute Gasteiger partial charge is 0.414 e. The lowest BCUT2D eigenvalue weighted by Gasteiger charge is -2.40. The van der Waals surface area contributed by atoms with E-state index < -0.39 is 27.9 Å². The maximum atomic E-state index is 15.0. The summed E-state index contributed by atoms with van der Waals surface area (Å²) in [6.07, 6.45) is 3.61. The van der Waals surface area contributed by atoms with E-state index in [9.17, 15) is 22.4 Å². The van der Waals surface area contributed by atoms with E-state index >= 15 is 0 Å². The predicted octanol–water partition coefficient (Wildman–Crippen LogP) is 2.33. The van der Waals surface area contributed by atoms with Gasteiger partial charge in [-0.05, 0) is 55.7 Å². The molecule has 33 heavy (non-hydrogen) atoms. The van der Waals surface area contributed by atoms with Gasteiger partial charge < -0.3 is 15.0 Å². The van der Waals surface area contributed by atoms with Crippen molar-refractivity contribution in [3.8, 4) is 0 Å². The molecule has 0 bridgehead atoms. The second-order valence-electron chi connectivity index (χ2n) is 9.79. The van der Waals surface area contributed by atoms with Gasteiger partial charge in [0.2, 0.25) is 5.91 Å². The number of sulfone groups is 1. The van der Waals surface area contributed by atoms with Gasteiger partial charge in [0.25, 0.3) is 0 Å². The largest absolute Gasteiger partial charge is 0.442 e. The predicted molar refractivity (Wildman–Crippen MR) is 121 cm³/mol. The van der Waals surface area contributed by atoms with Crippen LogP contribution in [0.4, 0.5) is 20.6 Å². The highest BCUT2D eigenvalue weighted by atomic mass is 32.2. The molecule has 1 aliphatic carbocycles. The molecule has 2 amide bonds. The molecule has 1 atom stereocenters. The number of piperidine rings is 1. The maximum absolute atomic E-state index is 15.0. The van der Waals surface area contributed by atoms with Crippen molar-refractivity contribution < 1.29 is 27.1 Å². The Morgan fingerprint density at radius 1 is 1.12 bits per heavy atom. The van der Waals surface area contributed by atoms with E-state index in [-0.39, 0.29) is 42.3 Å². The number of nitrogens with zero attached hydrogens (tertiary/aromatic N) is 2. The van der Waals surface area contributed by atoms with E-state index in [4.69, 9.17) is 4.74 Å². The van der Waals surface area contributed by atoms with Crippen molar-refractivity contribution in [3.63, 3.8) is 0 Å². The Hall–Kier alpha value is -2.36. The first-order valence-corrected chi connectivity index (χ1v) is 13.6. The van der Waals surface area contributed by atoms with Crippen LogP contribution < -0.4 is 15.1 Å². The molecule has 1 aromatic carbocycles. The van der Waals surface area contributed by atoms with Crippen LogP contribution in [0.25, 0.3) is 0 Å². The van der Waals surface area contributed by atoms with Gasteiger partial charge >= 0.3 is 6.09 Å². The molecule has 5 rings (SSSR count). The van der Waals surface area contributed by atoms with Gasteiger partial charge in [-0.3, -0.25) is 9.69 Å². The summed E-state index contributed by atoms with van der Waals surface area (Å²) >= 11 is 0. The number of amides is 2. The molecular weight excluding hydrogens is 449 g/mol. The molecule has 1 saturated carbocycles. The second kappa shape index (κ2) is 8.77. The fraction of sp³-hybridized carbons (Fsp3) is 0.652. The van der Waals surface area contributed by atoms with Crippen LogP contribution in [-0.4, -0.2) is 64.2 Å². The molecule has 0 radical (unpaired) electrons. The molecule has 180 valence electrons. The fourth-order valence-corrected chi connectivity index (χ4v) is 7.03. The second-order valence-corrected chi connectivity index (χ2v) is 11.9. The third-order valence-corrected chi connectivity index (χ3v) is 9.45. The Morgan fingerprint density at radius 2 is 1.85 bits per heavy atom. The molecular formula is C23H30FN3O5S. The number of carbonyl (C=O) groups is 2. The normalized spacial score (nSPS) is 26.0. The average Bonchev–Trinajstić information content (AvgIpc) is 3.10. The monoisotopic (exact) mass is 479 g/mol. The lowest BCUT2D eigenvalue weighted by atomic mass is 9.85. The molecule has 0 aromatic heterocycles. The van der Waals surface area contributed by atoms with Crippen molar-refractivity contribution in [3.05, 3.63) is 24.0 Å². The molecule has 1 N–H and O–H groups in total. The average molecular weight is 480 g/mol. The molecule has 3 aliphatic heterocycles. The summed E-state index contributed by atoms with van der Waals surface area (Å²) in [7, 11) is -2.82. The van der Waals surface area contributed by atoms with Crippen molar-refractivity contribution in [1.29, 1.82) is 0 Å². The Balaban J connectivity index is 1.15. The zero-order chi connectivity index (χ0) is 23.2. The Morgan fingerprint density at radius 3 is 2.45 bits per heavy atom. The number of benzene rings is 1. The highest BCUT2D eigenvalue weighted by Crippen LogP contribution is 2.36. The fourth-order valence-electron chi connectivity index (χ4n) is 5.28. The van der Waals surface area contributed by atoms with Gasteiger partial charge in [0, 0.05) is 19.0 Å². The van der Waals surface area contributed by atoms with Crippen LogP contribution in [0.1, 0.15) is 32.1 Å². The third-order valence-electron chi connectivity index (χ3n) is 7.58. The number of hydrogen-bond donors (Lipinski definition) is 1. The number of carbonyl (C=O) groups excluding carboxylic acids is 2. The Labute approximate surface area is 193 Å². The van der Waals surface area contributed by atoms with Crippen LogP contribution in [0.2, 0.25) is 0 Å². The standard InChI is InChI=1S/C23H30FN3O5S/c24-20-10-18(27-12-19(32-23(27)29)11-25-22(28)16-2-1-3-16)4-5-21(20)26-8-6-15(7-9-26)17-13-33(30,31)14-17/h4-5,10,15-17,19H,1-3,6-9,11-14H2,(H,25,28)/t19-/m0/s1. The number of rotatable bonds is 6. The summed E-state index contributed by atoms with van der Waals surface area (Å²) in [5.41, 5.74) is 0.930. The SMILES string of the molecule is O=C(NC[C@H]1CN(c2ccc(N3CCC(C4CS(=O)(=O)C4)CC3)c(F)c2)C(=O)O1)C1CCC1. The van der Waals surface area contributed by atoms with Crippen LogP contribution in [0.5, 0.6) is 0 Å². The summed E-state index contributed by atoms with van der Waals surface area (Å²) in [5.74, 6) is 0.896. The van der Waals surface area contributed by atoms with Crippen LogP contribution >= 0.6 is 0 Å². The molecule has 4 aliphatic rings.